The lowest BCUT2D eigenvalue weighted by Crippen LogP contribution is -2.36. The van der Waals surface area contributed by atoms with Crippen molar-refractivity contribution in [2.45, 2.75) is 120 Å². The van der Waals surface area contributed by atoms with Crippen LogP contribution in [0.4, 0.5) is 20.7 Å². The molecule has 5 aromatic rings. The zero-order chi connectivity index (χ0) is 74.0. The van der Waals surface area contributed by atoms with E-state index in [2.05, 4.69) is 80.4 Å². The fourth-order valence-electron chi connectivity index (χ4n) is 11.0. The Hall–Kier alpha value is -6.50. The molecule has 4 heterocycles. The van der Waals surface area contributed by atoms with Crippen molar-refractivity contribution in [3.63, 3.8) is 0 Å². The van der Waals surface area contributed by atoms with Crippen molar-refractivity contribution in [3.05, 3.63) is 99.8 Å². The van der Waals surface area contributed by atoms with Gasteiger partial charge in [-0.1, -0.05) is 31.4 Å². The average molecular weight is 1620 g/mol. The first kappa shape index (κ1) is 85.7. The van der Waals surface area contributed by atoms with E-state index in [1.807, 2.05) is 66.4 Å². The number of furan rings is 1. The zero-order valence-electron chi connectivity index (χ0n) is 60.2. The molecule has 0 aliphatic carbocycles. The number of amides is 7. The lowest BCUT2D eigenvalue weighted by Gasteiger charge is -2.16. The highest BCUT2D eigenvalue weighted by Crippen LogP contribution is 2.34. The lowest BCUT2D eigenvalue weighted by molar-refractivity contribution is -0.126. The van der Waals surface area contributed by atoms with Crippen LogP contribution in [0.1, 0.15) is 101 Å². The van der Waals surface area contributed by atoms with Crippen molar-refractivity contribution in [3.8, 4) is 17.1 Å². The first-order valence-corrected chi connectivity index (χ1v) is 39.9. The zero-order valence-corrected chi connectivity index (χ0v) is 64.0. The molecule has 27 nitrogen and oxygen atoms in total. The van der Waals surface area contributed by atoms with Crippen LogP contribution in [0, 0.1) is 9.39 Å². The molecular formula is C74H107FIN11O16S2. The minimum atomic E-state index is -0.297. The Bertz CT molecular complexity index is 3330. The van der Waals surface area contributed by atoms with Crippen LogP contribution in [-0.4, -0.2) is 225 Å². The van der Waals surface area contributed by atoms with E-state index in [0.717, 1.165) is 124 Å². The van der Waals surface area contributed by atoms with E-state index < -0.39 is 0 Å². The van der Waals surface area contributed by atoms with Crippen LogP contribution in [-0.2, 0) is 75.0 Å². The van der Waals surface area contributed by atoms with E-state index >= 15 is 0 Å². The summed E-state index contributed by atoms with van der Waals surface area (Å²) in [6, 6.07) is 22.3. The van der Waals surface area contributed by atoms with Gasteiger partial charge in [-0.15, -0.1) is 0 Å². The summed E-state index contributed by atoms with van der Waals surface area (Å²) in [5.74, 6) is 4.83. The summed E-state index contributed by atoms with van der Waals surface area (Å²) in [5.41, 5.74) is 3.25. The quantitative estimate of drug-likeness (QED) is 0.0101. The Balaban J connectivity index is 0.531. The smallest absolute Gasteiger partial charge is 0.315 e. The van der Waals surface area contributed by atoms with Gasteiger partial charge in [-0.3, -0.25) is 24.0 Å². The predicted octanol–water partition coefficient (Wildman–Crippen LogP) is 8.12. The van der Waals surface area contributed by atoms with Gasteiger partial charge in [-0.2, -0.15) is 23.5 Å². The number of hydrogen-bond donors (Lipinski definition) is 9. The molecule has 31 heteroatoms. The maximum Gasteiger partial charge on any atom is 0.315 e. The van der Waals surface area contributed by atoms with Gasteiger partial charge in [-0.05, 0) is 127 Å². The Kier molecular flexibility index (Phi) is 43.5. The average Bonchev–Trinajstić information content (AvgIpc) is 1.72. The molecule has 0 bridgehead atoms. The predicted molar refractivity (Wildman–Crippen MR) is 411 cm³/mol. The molecule has 7 rings (SSSR count). The van der Waals surface area contributed by atoms with Crippen LogP contribution in [0.25, 0.3) is 22.2 Å². The van der Waals surface area contributed by atoms with E-state index in [0.29, 0.717) is 181 Å². The number of ether oxygens (including phenoxy) is 9. The van der Waals surface area contributed by atoms with Crippen LogP contribution >= 0.6 is 46.1 Å². The van der Waals surface area contributed by atoms with Gasteiger partial charge in [0, 0.05) is 111 Å². The third-order valence-corrected chi connectivity index (χ3v) is 19.9. The molecule has 2 aromatic heterocycles. The number of nitrogens with one attached hydrogen (secondary N) is 9. The number of nitrogens with zero attached hydrogens (tertiary/aromatic N) is 2. The van der Waals surface area contributed by atoms with Gasteiger partial charge in [0.25, 0.3) is 0 Å². The molecule has 0 saturated carbocycles. The van der Waals surface area contributed by atoms with Gasteiger partial charge in [-0.25, -0.2) is 19.2 Å². The van der Waals surface area contributed by atoms with Crippen LogP contribution < -0.4 is 52.6 Å². The van der Waals surface area contributed by atoms with Gasteiger partial charge >= 0.3 is 6.03 Å². The summed E-state index contributed by atoms with van der Waals surface area (Å²) in [6.07, 6.45) is 10.9. The van der Waals surface area contributed by atoms with Gasteiger partial charge in [0.15, 0.2) is 0 Å². The van der Waals surface area contributed by atoms with Crippen LogP contribution in [0.2, 0.25) is 0 Å². The maximum atomic E-state index is 13.6. The van der Waals surface area contributed by atoms with Crippen molar-refractivity contribution in [2.75, 3.05) is 168 Å². The fourth-order valence-corrected chi connectivity index (χ4v) is 14.0. The Morgan fingerprint density at radius 1 is 0.562 bits per heavy atom. The number of hydrogen-bond acceptors (Lipinski definition) is 22. The van der Waals surface area contributed by atoms with E-state index in [1.54, 1.807) is 17.8 Å². The second-order valence-corrected chi connectivity index (χ2v) is 28.5. The minimum Gasteiger partial charge on any atom is -0.488 e. The molecule has 7 amide bonds. The number of thioether (sulfide) groups is 2. The normalized spacial score (nSPS) is 14.6. The summed E-state index contributed by atoms with van der Waals surface area (Å²) in [5, 5.41) is 28.5. The standard InChI is InChI=1S/C74H107FIN11O16S2/c75-57-11-9-10-55(48-57)52-102-65-20-17-58(50-61(65)76)85-73-60-49-56(16-19-62(60)83-54-84-73)64-21-18-59(103-64)51-77-28-46-104-47-29-82-71(92)23-22-70(91)81-27-31-95-33-35-97-37-39-99-41-43-101-45-44-100-42-40-98-38-36-96-34-32-94-30-26-80-69(90)14-4-2-8-24-78-67(88)13-3-1-7-25-79-68(89)15-6-5-12-66-72-63(53-105-66)86-74(93)87-72/h9-11,16-21,48-50,54,63,66,72,77H,1-8,12-15,22-47,51-53H2,(H,78,88)(H,79,89)(H,80,90)(H,81,91)(H,82,92)(H,83,84,85)(H2,86,87,93)/t63-,66-,72-/m0/s1. The van der Waals surface area contributed by atoms with Crippen LogP contribution in [0.3, 0.4) is 0 Å². The second kappa shape index (κ2) is 53.3. The van der Waals surface area contributed by atoms with Crippen molar-refractivity contribution in [2.24, 2.45) is 0 Å². The first-order chi connectivity index (χ1) is 51.4. The van der Waals surface area contributed by atoms with Gasteiger partial charge in [0.1, 0.15) is 41.8 Å². The molecule has 3 atom stereocenters. The molecule has 105 heavy (non-hydrogen) atoms. The number of aromatic nitrogens is 2. The number of fused-ring (bicyclic) bond motifs is 2. The number of carbonyl (C=O) groups is 6. The van der Waals surface area contributed by atoms with E-state index in [9.17, 15) is 33.2 Å². The van der Waals surface area contributed by atoms with Gasteiger partial charge < -0.3 is 94.9 Å². The highest BCUT2D eigenvalue weighted by atomic mass is 127. The highest BCUT2D eigenvalue weighted by molar-refractivity contribution is 14.1. The number of halogens is 2. The number of urea groups is 1. The number of benzene rings is 3. The molecular weight excluding hydrogens is 1510 g/mol. The van der Waals surface area contributed by atoms with Crippen LogP contribution in [0.15, 0.2) is 83.5 Å². The summed E-state index contributed by atoms with van der Waals surface area (Å²) >= 11 is 5.84. The van der Waals surface area contributed by atoms with Crippen molar-refractivity contribution in [1.29, 1.82) is 0 Å². The molecule has 0 spiro atoms. The Labute approximate surface area is 637 Å². The number of anilines is 2. The molecule has 2 aliphatic rings. The third-order valence-electron chi connectivity index (χ3n) is 16.6. The molecule has 0 unspecified atom stereocenters. The fraction of sp³-hybridized carbons (Fsp3) is 0.595. The lowest BCUT2D eigenvalue weighted by atomic mass is 10.0. The maximum absolute atomic E-state index is 13.6. The van der Waals surface area contributed by atoms with E-state index in [-0.39, 0.29) is 72.9 Å². The summed E-state index contributed by atoms with van der Waals surface area (Å²) in [7, 11) is 0. The third kappa shape index (κ3) is 37.3. The molecule has 580 valence electrons. The van der Waals surface area contributed by atoms with Crippen molar-refractivity contribution < 1.29 is 80.2 Å². The monoisotopic (exact) mass is 1620 g/mol. The SMILES string of the molecule is O=C(CCCCCNC(=O)CCCC[C@@H]1SC[C@@H]2NC(=O)N[C@@H]21)NCCCCCC(=O)NCCOCCOCCOCCOCCOCCOCCOCCOCCNC(=O)CCC(=O)NCCSCCNCc1ccc(-c2ccc3ncnc(Nc4ccc(OCc5cccc(F)c5)c(I)c4)c3c2)o1. The Morgan fingerprint density at radius 3 is 1.70 bits per heavy atom. The highest BCUT2D eigenvalue weighted by Gasteiger charge is 2.42. The van der Waals surface area contributed by atoms with Gasteiger partial charge in [0.2, 0.25) is 29.5 Å². The molecule has 9 N–H and O–H groups in total. The molecule has 0 radical (unpaired) electrons. The molecule has 2 aliphatic heterocycles. The summed E-state index contributed by atoms with van der Waals surface area (Å²) in [6.45, 7) is 10.8. The van der Waals surface area contributed by atoms with E-state index in [1.165, 1.54) is 18.5 Å². The molecule has 2 saturated heterocycles. The number of rotatable bonds is 61. The largest absolute Gasteiger partial charge is 0.488 e. The van der Waals surface area contributed by atoms with Crippen molar-refractivity contribution in [1.82, 2.24) is 52.5 Å². The topological polar surface area (TPSA) is 333 Å². The Morgan fingerprint density at radius 2 is 1.11 bits per heavy atom. The first-order valence-electron chi connectivity index (χ1n) is 36.7. The minimum absolute atomic E-state index is 0.0169. The molecule has 3 aromatic carbocycles. The van der Waals surface area contributed by atoms with Crippen LogP contribution in [0.5, 0.6) is 5.75 Å². The summed E-state index contributed by atoms with van der Waals surface area (Å²) in [4.78, 5) is 81.7. The molecule has 2 fully saturated rings. The van der Waals surface area contributed by atoms with Gasteiger partial charge in [0.05, 0.1) is 133 Å². The van der Waals surface area contributed by atoms with E-state index in [4.69, 9.17) is 47.0 Å². The summed E-state index contributed by atoms with van der Waals surface area (Å²) < 4.78 is 71.0. The second-order valence-electron chi connectivity index (χ2n) is 24.8. The number of carbonyl (C=O) groups excluding carboxylic acids is 6. The number of unbranched alkanes of at least 4 members (excludes halogenated alkanes) is 5. The van der Waals surface area contributed by atoms with Crippen molar-refractivity contribution >= 4 is 104 Å².